The lowest BCUT2D eigenvalue weighted by molar-refractivity contribution is -0.127. The van der Waals surface area contributed by atoms with Gasteiger partial charge in [0.2, 0.25) is 5.91 Å². The molecule has 2 heterocycles. The predicted octanol–water partition coefficient (Wildman–Crippen LogP) is 2.29. The number of ether oxygens (including phenoxy) is 1. The van der Waals surface area contributed by atoms with Crippen LogP contribution in [0.1, 0.15) is 15.9 Å². The molecule has 0 aliphatic carbocycles. The molecule has 3 rings (SSSR count). The van der Waals surface area contributed by atoms with E-state index < -0.39 is 0 Å². The molecule has 1 aliphatic rings. The summed E-state index contributed by atoms with van der Waals surface area (Å²) < 4.78 is 10.2. The molecule has 1 saturated heterocycles. The van der Waals surface area contributed by atoms with Gasteiger partial charge in [0.15, 0.2) is 0 Å². The van der Waals surface area contributed by atoms with Crippen LogP contribution in [0, 0.1) is 0 Å². The summed E-state index contributed by atoms with van der Waals surface area (Å²) in [6.07, 6.45) is 6.22. The van der Waals surface area contributed by atoms with Gasteiger partial charge in [-0.15, -0.1) is 0 Å². The molecular formula is C19H20N2O4. The second-order valence-corrected chi connectivity index (χ2v) is 5.70. The van der Waals surface area contributed by atoms with E-state index in [2.05, 4.69) is 0 Å². The summed E-state index contributed by atoms with van der Waals surface area (Å²) in [6, 6.07) is 9.17. The van der Waals surface area contributed by atoms with Crippen molar-refractivity contribution in [2.75, 3.05) is 33.3 Å². The van der Waals surface area contributed by atoms with Crippen LogP contribution in [-0.4, -0.2) is 54.9 Å². The van der Waals surface area contributed by atoms with Gasteiger partial charge in [-0.05, 0) is 18.2 Å². The van der Waals surface area contributed by atoms with Crippen molar-refractivity contribution in [3.63, 3.8) is 0 Å². The molecule has 0 N–H and O–H groups in total. The smallest absolute Gasteiger partial charge is 0.257 e. The Morgan fingerprint density at radius 3 is 2.48 bits per heavy atom. The molecule has 0 saturated carbocycles. The first-order valence-corrected chi connectivity index (χ1v) is 8.10. The molecule has 0 bridgehead atoms. The number of nitrogens with zero attached hydrogens (tertiary/aromatic N) is 2. The minimum absolute atomic E-state index is 0.0644. The number of amides is 2. The topological polar surface area (TPSA) is 63.0 Å². The monoisotopic (exact) mass is 340 g/mol. The summed E-state index contributed by atoms with van der Waals surface area (Å²) in [4.78, 5) is 28.1. The minimum Gasteiger partial charge on any atom is -0.496 e. The number of hydrogen-bond donors (Lipinski definition) is 0. The summed E-state index contributed by atoms with van der Waals surface area (Å²) in [5, 5.41) is 0. The van der Waals surface area contributed by atoms with Crippen LogP contribution in [0.3, 0.4) is 0 Å². The Labute approximate surface area is 146 Å². The minimum atomic E-state index is -0.0682. The molecule has 0 atom stereocenters. The van der Waals surface area contributed by atoms with Gasteiger partial charge in [-0.25, -0.2) is 0 Å². The van der Waals surface area contributed by atoms with Crippen LogP contribution < -0.4 is 4.74 Å². The van der Waals surface area contributed by atoms with E-state index in [9.17, 15) is 9.59 Å². The molecular weight excluding hydrogens is 320 g/mol. The van der Waals surface area contributed by atoms with E-state index in [1.165, 1.54) is 12.5 Å². The normalized spacial score (nSPS) is 14.8. The summed E-state index contributed by atoms with van der Waals surface area (Å²) in [5.41, 5.74) is 1.39. The lowest BCUT2D eigenvalue weighted by Gasteiger charge is -2.34. The van der Waals surface area contributed by atoms with Crippen molar-refractivity contribution in [2.24, 2.45) is 0 Å². The molecule has 6 nitrogen and oxygen atoms in total. The standard InChI is InChI=1S/C19H20N2O4/c1-24-17-5-3-2-4-15(17)6-7-18(22)20-9-11-21(12-10-20)19(23)16-8-13-25-14-16/h2-8,13-14H,9-12H2,1H3/b7-6+. The van der Waals surface area contributed by atoms with Crippen molar-refractivity contribution in [2.45, 2.75) is 0 Å². The third kappa shape index (κ3) is 3.91. The Balaban J connectivity index is 1.56. The van der Waals surface area contributed by atoms with Gasteiger partial charge in [-0.1, -0.05) is 18.2 Å². The van der Waals surface area contributed by atoms with Crippen LogP contribution in [0.25, 0.3) is 6.08 Å². The summed E-state index contributed by atoms with van der Waals surface area (Å²) in [7, 11) is 1.60. The molecule has 130 valence electrons. The van der Waals surface area contributed by atoms with E-state index in [-0.39, 0.29) is 11.8 Å². The van der Waals surface area contributed by atoms with Gasteiger partial charge in [0.1, 0.15) is 12.0 Å². The maximum atomic E-state index is 12.4. The predicted molar refractivity (Wildman–Crippen MR) is 93.2 cm³/mol. The fourth-order valence-corrected chi connectivity index (χ4v) is 2.77. The Morgan fingerprint density at radius 2 is 1.80 bits per heavy atom. The highest BCUT2D eigenvalue weighted by atomic mass is 16.5. The van der Waals surface area contributed by atoms with Crippen LogP contribution >= 0.6 is 0 Å². The molecule has 0 unspecified atom stereocenters. The van der Waals surface area contributed by atoms with E-state index in [1.807, 2.05) is 24.3 Å². The van der Waals surface area contributed by atoms with Gasteiger partial charge in [-0.2, -0.15) is 0 Å². The van der Waals surface area contributed by atoms with E-state index in [0.29, 0.717) is 31.7 Å². The van der Waals surface area contributed by atoms with Crippen molar-refractivity contribution >= 4 is 17.9 Å². The number of carbonyl (C=O) groups is 2. The number of methoxy groups -OCH3 is 1. The first kappa shape index (κ1) is 16.8. The van der Waals surface area contributed by atoms with Gasteiger partial charge >= 0.3 is 0 Å². The molecule has 1 fully saturated rings. The van der Waals surface area contributed by atoms with E-state index in [1.54, 1.807) is 35.1 Å². The second-order valence-electron chi connectivity index (χ2n) is 5.70. The number of hydrogen-bond acceptors (Lipinski definition) is 4. The number of carbonyl (C=O) groups excluding carboxylic acids is 2. The highest BCUT2D eigenvalue weighted by Crippen LogP contribution is 2.19. The summed E-state index contributed by atoms with van der Waals surface area (Å²) in [5.74, 6) is 0.591. The maximum absolute atomic E-state index is 12.4. The first-order chi connectivity index (χ1) is 12.2. The number of benzene rings is 1. The third-order valence-electron chi connectivity index (χ3n) is 4.19. The number of piperazine rings is 1. The lowest BCUT2D eigenvalue weighted by atomic mass is 10.2. The van der Waals surface area contributed by atoms with Crippen molar-refractivity contribution in [1.82, 2.24) is 9.80 Å². The highest BCUT2D eigenvalue weighted by molar-refractivity contribution is 5.95. The maximum Gasteiger partial charge on any atom is 0.257 e. The molecule has 2 amide bonds. The fraction of sp³-hybridized carbons (Fsp3) is 0.263. The van der Waals surface area contributed by atoms with Gasteiger partial charge in [0.25, 0.3) is 5.91 Å². The molecule has 2 aromatic rings. The first-order valence-electron chi connectivity index (χ1n) is 8.10. The fourth-order valence-electron chi connectivity index (χ4n) is 2.77. The summed E-state index contributed by atoms with van der Waals surface area (Å²) >= 11 is 0. The Kier molecular flexibility index (Phi) is 5.18. The van der Waals surface area contributed by atoms with E-state index in [0.717, 1.165) is 11.3 Å². The number of para-hydroxylation sites is 1. The Bertz CT molecular complexity index is 759. The molecule has 0 spiro atoms. The zero-order valence-corrected chi connectivity index (χ0v) is 14.1. The van der Waals surface area contributed by atoms with Gasteiger partial charge in [0.05, 0.1) is 18.9 Å². The van der Waals surface area contributed by atoms with Crippen molar-refractivity contribution in [3.05, 3.63) is 60.1 Å². The third-order valence-corrected chi connectivity index (χ3v) is 4.19. The average molecular weight is 340 g/mol. The number of rotatable bonds is 4. The Morgan fingerprint density at radius 1 is 1.08 bits per heavy atom. The van der Waals surface area contributed by atoms with Gasteiger partial charge in [-0.3, -0.25) is 9.59 Å². The lowest BCUT2D eigenvalue weighted by Crippen LogP contribution is -2.50. The van der Waals surface area contributed by atoms with Gasteiger partial charge in [0, 0.05) is 37.8 Å². The molecule has 0 radical (unpaired) electrons. The largest absolute Gasteiger partial charge is 0.496 e. The van der Waals surface area contributed by atoms with Crippen molar-refractivity contribution in [3.8, 4) is 5.75 Å². The van der Waals surface area contributed by atoms with Crippen LogP contribution in [0.15, 0.2) is 53.4 Å². The van der Waals surface area contributed by atoms with Crippen LogP contribution in [-0.2, 0) is 4.79 Å². The quantitative estimate of drug-likeness (QED) is 0.801. The second kappa shape index (κ2) is 7.70. The molecule has 6 heteroatoms. The van der Waals surface area contributed by atoms with E-state index >= 15 is 0 Å². The number of furan rings is 1. The van der Waals surface area contributed by atoms with Gasteiger partial charge < -0.3 is 19.0 Å². The molecule has 25 heavy (non-hydrogen) atoms. The SMILES string of the molecule is COc1ccccc1/C=C/C(=O)N1CCN(C(=O)c2ccoc2)CC1. The zero-order chi connectivity index (χ0) is 17.6. The molecule has 1 aromatic carbocycles. The van der Waals surface area contributed by atoms with Crippen LogP contribution in [0.2, 0.25) is 0 Å². The molecule has 1 aromatic heterocycles. The summed E-state index contributed by atoms with van der Waals surface area (Å²) in [6.45, 7) is 2.05. The average Bonchev–Trinajstić information content (AvgIpc) is 3.20. The van der Waals surface area contributed by atoms with Crippen LogP contribution in [0.4, 0.5) is 0 Å². The zero-order valence-electron chi connectivity index (χ0n) is 14.1. The molecule has 1 aliphatic heterocycles. The van der Waals surface area contributed by atoms with Crippen molar-refractivity contribution in [1.29, 1.82) is 0 Å². The van der Waals surface area contributed by atoms with Crippen molar-refractivity contribution < 1.29 is 18.7 Å². The Hall–Kier alpha value is -3.02. The highest BCUT2D eigenvalue weighted by Gasteiger charge is 2.24. The van der Waals surface area contributed by atoms with Crippen LogP contribution in [0.5, 0.6) is 5.75 Å². The van der Waals surface area contributed by atoms with E-state index in [4.69, 9.17) is 9.15 Å².